The molecule has 0 aromatic carbocycles. The van der Waals surface area contributed by atoms with E-state index >= 15 is 0 Å². The molecule has 2 aliphatic heterocycles. The van der Waals surface area contributed by atoms with Gasteiger partial charge in [0.15, 0.2) is 0 Å². The Kier molecular flexibility index (Phi) is 6.27. The molecule has 2 heterocycles. The SMILES string of the molecule is CCCC(OCC)C(O)C1CCOC2(CCOCC2)C1. The van der Waals surface area contributed by atoms with Gasteiger partial charge in [0.1, 0.15) is 0 Å². The van der Waals surface area contributed by atoms with E-state index in [1.807, 2.05) is 6.92 Å². The topological polar surface area (TPSA) is 47.9 Å². The van der Waals surface area contributed by atoms with E-state index in [0.29, 0.717) is 12.5 Å². The van der Waals surface area contributed by atoms with E-state index in [2.05, 4.69) is 6.92 Å². The van der Waals surface area contributed by atoms with Crippen LogP contribution in [0.2, 0.25) is 0 Å². The summed E-state index contributed by atoms with van der Waals surface area (Å²) in [5.74, 6) is 0.296. The Morgan fingerprint density at radius 2 is 2.00 bits per heavy atom. The van der Waals surface area contributed by atoms with Gasteiger partial charge in [0.25, 0.3) is 0 Å². The molecular weight excluding hydrogens is 256 g/mol. The maximum absolute atomic E-state index is 10.7. The van der Waals surface area contributed by atoms with E-state index in [0.717, 1.165) is 58.3 Å². The van der Waals surface area contributed by atoms with Crippen molar-refractivity contribution in [3.05, 3.63) is 0 Å². The Hall–Kier alpha value is -0.160. The van der Waals surface area contributed by atoms with Crippen LogP contribution in [-0.2, 0) is 14.2 Å². The molecule has 0 aliphatic carbocycles. The third-order valence-electron chi connectivity index (χ3n) is 4.75. The van der Waals surface area contributed by atoms with Crippen LogP contribution in [0.5, 0.6) is 0 Å². The van der Waals surface area contributed by atoms with Crippen molar-refractivity contribution in [2.45, 2.75) is 70.2 Å². The molecule has 2 rings (SSSR count). The second-order valence-corrected chi connectivity index (χ2v) is 6.17. The first-order chi connectivity index (χ1) is 9.71. The minimum absolute atomic E-state index is 0.0232. The standard InChI is InChI=1S/C16H30O4/c1-3-5-14(19-4-2)15(17)13-6-9-20-16(12-13)7-10-18-11-8-16/h13-15,17H,3-12H2,1-2H3. The molecule has 2 fully saturated rings. The molecule has 4 heteroatoms. The van der Waals surface area contributed by atoms with Gasteiger partial charge in [0.2, 0.25) is 0 Å². The number of hydrogen-bond acceptors (Lipinski definition) is 4. The molecule has 0 bridgehead atoms. The zero-order valence-electron chi connectivity index (χ0n) is 13.0. The Bertz CT molecular complexity index is 264. The zero-order valence-corrected chi connectivity index (χ0v) is 13.0. The van der Waals surface area contributed by atoms with Gasteiger partial charge < -0.3 is 19.3 Å². The average Bonchev–Trinajstić information content (AvgIpc) is 2.47. The van der Waals surface area contributed by atoms with Gasteiger partial charge >= 0.3 is 0 Å². The largest absolute Gasteiger partial charge is 0.390 e. The molecule has 0 radical (unpaired) electrons. The van der Waals surface area contributed by atoms with Crippen molar-refractivity contribution in [1.82, 2.24) is 0 Å². The Labute approximate surface area is 122 Å². The summed E-state index contributed by atoms with van der Waals surface area (Å²) in [5, 5.41) is 10.7. The highest BCUT2D eigenvalue weighted by Crippen LogP contribution is 2.39. The third kappa shape index (κ3) is 3.94. The van der Waals surface area contributed by atoms with Crippen LogP contribution < -0.4 is 0 Å². The second-order valence-electron chi connectivity index (χ2n) is 6.17. The molecule has 0 saturated carbocycles. The minimum Gasteiger partial charge on any atom is -0.390 e. The molecule has 118 valence electrons. The fourth-order valence-electron chi connectivity index (χ4n) is 3.60. The van der Waals surface area contributed by atoms with Crippen molar-refractivity contribution >= 4 is 0 Å². The summed E-state index contributed by atoms with van der Waals surface area (Å²) < 4.78 is 17.3. The van der Waals surface area contributed by atoms with Crippen molar-refractivity contribution in [2.75, 3.05) is 26.4 Å². The lowest BCUT2D eigenvalue weighted by atomic mass is 9.77. The molecule has 0 aromatic rings. The smallest absolute Gasteiger partial charge is 0.0836 e. The minimum atomic E-state index is -0.362. The number of rotatable bonds is 6. The Morgan fingerprint density at radius 3 is 2.65 bits per heavy atom. The summed E-state index contributed by atoms with van der Waals surface area (Å²) in [6.45, 7) is 7.14. The van der Waals surface area contributed by atoms with Gasteiger partial charge in [-0.1, -0.05) is 13.3 Å². The predicted molar refractivity (Wildman–Crippen MR) is 77.8 cm³/mol. The fourth-order valence-corrected chi connectivity index (χ4v) is 3.60. The van der Waals surface area contributed by atoms with E-state index in [9.17, 15) is 5.11 Å². The summed E-state index contributed by atoms with van der Waals surface area (Å²) >= 11 is 0. The number of ether oxygens (including phenoxy) is 3. The van der Waals surface area contributed by atoms with Crippen molar-refractivity contribution in [1.29, 1.82) is 0 Å². The van der Waals surface area contributed by atoms with Crippen LogP contribution in [0, 0.1) is 5.92 Å². The van der Waals surface area contributed by atoms with Crippen molar-refractivity contribution in [3.8, 4) is 0 Å². The summed E-state index contributed by atoms with van der Waals surface area (Å²) in [6, 6.07) is 0. The molecule has 1 spiro atoms. The van der Waals surface area contributed by atoms with Crippen LogP contribution in [0.15, 0.2) is 0 Å². The van der Waals surface area contributed by atoms with Crippen LogP contribution in [0.25, 0.3) is 0 Å². The molecule has 1 N–H and O–H groups in total. The molecule has 2 saturated heterocycles. The van der Waals surface area contributed by atoms with E-state index in [1.54, 1.807) is 0 Å². The first kappa shape index (κ1) is 16.2. The molecule has 3 unspecified atom stereocenters. The van der Waals surface area contributed by atoms with Crippen molar-refractivity contribution < 1.29 is 19.3 Å². The lowest BCUT2D eigenvalue weighted by Gasteiger charge is -2.45. The zero-order chi connectivity index (χ0) is 14.4. The molecule has 2 aliphatic rings. The summed E-state index contributed by atoms with van der Waals surface area (Å²) in [5.41, 5.74) is -0.0505. The molecule has 3 atom stereocenters. The van der Waals surface area contributed by atoms with Gasteiger partial charge in [-0.3, -0.25) is 0 Å². The first-order valence-electron chi connectivity index (χ1n) is 8.22. The third-order valence-corrected chi connectivity index (χ3v) is 4.75. The summed E-state index contributed by atoms with van der Waals surface area (Å²) in [6.07, 6.45) is 5.41. The van der Waals surface area contributed by atoms with Gasteiger partial charge in [-0.15, -0.1) is 0 Å². The molecule has 20 heavy (non-hydrogen) atoms. The molecular formula is C16H30O4. The fraction of sp³-hybridized carbons (Fsp3) is 1.00. The monoisotopic (exact) mass is 286 g/mol. The number of aliphatic hydroxyl groups is 1. The second kappa shape index (κ2) is 7.74. The highest BCUT2D eigenvalue weighted by molar-refractivity contribution is 4.92. The Morgan fingerprint density at radius 1 is 1.25 bits per heavy atom. The average molecular weight is 286 g/mol. The van der Waals surface area contributed by atoms with Crippen LogP contribution in [0.3, 0.4) is 0 Å². The van der Waals surface area contributed by atoms with E-state index < -0.39 is 0 Å². The highest BCUT2D eigenvalue weighted by atomic mass is 16.5. The van der Waals surface area contributed by atoms with Gasteiger partial charge in [-0.2, -0.15) is 0 Å². The van der Waals surface area contributed by atoms with Crippen LogP contribution in [-0.4, -0.2) is 49.3 Å². The number of aliphatic hydroxyl groups excluding tert-OH is 1. The first-order valence-corrected chi connectivity index (χ1v) is 8.22. The normalized spacial score (nSPS) is 29.2. The van der Waals surface area contributed by atoms with Crippen LogP contribution in [0.4, 0.5) is 0 Å². The Balaban J connectivity index is 1.95. The van der Waals surface area contributed by atoms with Gasteiger partial charge in [0.05, 0.1) is 17.8 Å². The van der Waals surface area contributed by atoms with Crippen molar-refractivity contribution in [2.24, 2.45) is 5.92 Å². The van der Waals surface area contributed by atoms with E-state index in [4.69, 9.17) is 14.2 Å². The molecule has 0 aromatic heterocycles. The highest BCUT2D eigenvalue weighted by Gasteiger charge is 2.42. The maximum atomic E-state index is 10.7. The lowest BCUT2D eigenvalue weighted by molar-refractivity contribution is -0.170. The van der Waals surface area contributed by atoms with Crippen LogP contribution >= 0.6 is 0 Å². The van der Waals surface area contributed by atoms with Crippen LogP contribution in [0.1, 0.15) is 52.4 Å². The van der Waals surface area contributed by atoms with Gasteiger partial charge in [0, 0.05) is 26.4 Å². The quantitative estimate of drug-likeness (QED) is 0.815. The number of hydrogen-bond donors (Lipinski definition) is 1. The molecule has 0 amide bonds. The van der Waals surface area contributed by atoms with E-state index in [-0.39, 0.29) is 17.8 Å². The predicted octanol–water partition coefficient (Wildman–Crippen LogP) is 2.53. The maximum Gasteiger partial charge on any atom is 0.0836 e. The van der Waals surface area contributed by atoms with Gasteiger partial charge in [-0.05, 0) is 44.9 Å². The molecule has 4 nitrogen and oxygen atoms in total. The summed E-state index contributed by atoms with van der Waals surface area (Å²) in [4.78, 5) is 0. The lowest BCUT2D eigenvalue weighted by Crippen LogP contribution is -2.49. The summed E-state index contributed by atoms with van der Waals surface area (Å²) in [7, 11) is 0. The van der Waals surface area contributed by atoms with E-state index in [1.165, 1.54) is 0 Å². The van der Waals surface area contributed by atoms with Crippen molar-refractivity contribution in [3.63, 3.8) is 0 Å². The van der Waals surface area contributed by atoms with Gasteiger partial charge in [-0.25, -0.2) is 0 Å².